The number of nitrogens with one attached hydrogen (secondary N) is 1. The molecule has 0 radical (unpaired) electrons. The zero-order chi connectivity index (χ0) is 24.5. The number of fused-ring (bicyclic) bond motifs is 2. The molecule has 180 valence electrons. The molecule has 35 heavy (non-hydrogen) atoms. The molecule has 3 aromatic heterocycles. The van der Waals surface area contributed by atoms with Gasteiger partial charge < -0.3 is 19.2 Å². The number of likely N-dealkylation sites (tertiary alicyclic amines) is 1. The van der Waals surface area contributed by atoms with Gasteiger partial charge in [0, 0.05) is 49.9 Å². The molecule has 4 heterocycles. The topological polar surface area (TPSA) is 71.6 Å². The lowest BCUT2D eigenvalue weighted by Crippen LogP contribution is -2.46. The van der Waals surface area contributed by atoms with Gasteiger partial charge in [0.05, 0.1) is 22.9 Å². The second-order valence-corrected chi connectivity index (χ2v) is 9.35. The molecule has 7 nitrogen and oxygen atoms in total. The highest BCUT2D eigenvalue weighted by Crippen LogP contribution is 2.32. The Morgan fingerprint density at radius 1 is 1.14 bits per heavy atom. The minimum Gasteiger partial charge on any atom is -0.350 e. The Morgan fingerprint density at radius 2 is 1.94 bits per heavy atom. The standard InChI is InChI=1S/C27H28ClN5O2/c1-18-15-25-22(29-17-31(25)2)16-21(18)20-5-4-12-33-23(20)7-8-24(33)27(35)32-13-9-19(10-14-32)30-26(34)6-3-11-28/h3-8,12,15-17,19H,9-11,13-14H2,1-2H3,(H,30,34)/b6-3+. The quantitative estimate of drug-likeness (QED) is 0.335. The number of carbonyl (C=O) groups excluding carboxylic acids is 2. The van der Waals surface area contributed by atoms with E-state index in [1.165, 1.54) is 6.08 Å². The molecule has 2 amide bonds. The van der Waals surface area contributed by atoms with Crippen molar-refractivity contribution in [2.24, 2.45) is 7.05 Å². The van der Waals surface area contributed by atoms with Crippen LogP contribution in [0.25, 0.3) is 27.7 Å². The van der Waals surface area contributed by atoms with Crippen molar-refractivity contribution in [1.82, 2.24) is 24.2 Å². The Balaban J connectivity index is 1.37. The molecule has 4 aromatic rings. The summed E-state index contributed by atoms with van der Waals surface area (Å²) in [5.74, 6) is 0.176. The Morgan fingerprint density at radius 3 is 2.71 bits per heavy atom. The lowest BCUT2D eigenvalue weighted by Gasteiger charge is -2.32. The van der Waals surface area contributed by atoms with Crippen LogP contribution < -0.4 is 5.32 Å². The molecular weight excluding hydrogens is 462 g/mol. The molecule has 0 bridgehead atoms. The molecule has 0 unspecified atom stereocenters. The summed E-state index contributed by atoms with van der Waals surface area (Å²) in [7, 11) is 2.00. The molecule has 1 aromatic carbocycles. The Hall–Kier alpha value is -3.58. The average Bonchev–Trinajstić information content (AvgIpc) is 3.46. The normalized spacial score (nSPS) is 14.9. The summed E-state index contributed by atoms with van der Waals surface area (Å²) in [6, 6.07) is 12.3. The van der Waals surface area contributed by atoms with Gasteiger partial charge in [-0.05, 0) is 61.2 Å². The number of rotatable bonds is 5. The number of piperidine rings is 1. The first-order chi connectivity index (χ1) is 17.0. The first-order valence-corrected chi connectivity index (χ1v) is 12.3. The van der Waals surface area contributed by atoms with Gasteiger partial charge in [0.1, 0.15) is 5.69 Å². The SMILES string of the molecule is Cc1cc2c(cc1-c1cccn3c(C(=O)N4CCC(NC(=O)/C=C/CCl)CC4)ccc13)ncn2C. The lowest BCUT2D eigenvalue weighted by atomic mass is 9.99. The van der Waals surface area contributed by atoms with E-state index < -0.39 is 0 Å². The average molecular weight is 490 g/mol. The number of halogens is 1. The summed E-state index contributed by atoms with van der Waals surface area (Å²) in [4.78, 5) is 31.7. The maximum atomic E-state index is 13.4. The predicted molar refractivity (Wildman–Crippen MR) is 139 cm³/mol. The number of aryl methyl sites for hydroxylation is 2. The lowest BCUT2D eigenvalue weighted by molar-refractivity contribution is -0.117. The molecule has 0 spiro atoms. The summed E-state index contributed by atoms with van der Waals surface area (Å²) in [5.41, 5.74) is 7.02. The van der Waals surface area contributed by atoms with Gasteiger partial charge in [-0.1, -0.05) is 12.1 Å². The van der Waals surface area contributed by atoms with Crippen LogP contribution in [-0.4, -0.2) is 55.7 Å². The molecule has 8 heteroatoms. The molecule has 1 fully saturated rings. The number of amides is 2. The number of imidazole rings is 1. The van der Waals surface area contributed by atoms with Crippen molar-refractivity contribution in [3.8, 4) is 11.1 Å². The van der Waals surface area contributed by atoms with Crippen molar-refractivity contribution < 1.29 is 9.59 Å². The fraction of sp³-hybridized carbons (Fsp3) is 0.296. The molecular formula is C27H28ClN5O2. The van der Waals surface area contributed by atoms with Crippen LogP contribution in [0.2, 0.25) is 0 Å². The van der Waals surface area contributed by atoms with E-state index in [0.29, 0.717) is 24.7 Å². The van der Waals surface area contributed by atoms with Gasteiger partial charge in [0.15, 0.2) is 0 Å². The van der Waals surface area contributed by atoms with Gasteiger partial charge >= 0.3 is 0 Å². The van der Waals surface area contributed by atoms with Gasteiger partial charge in [-0.25, -0.2) is 4.98 Å². The van der Waals surface area contributed by atoms with Gasteiger partial charge in [-0.15, -0.1) is 11.6 Å². The van der Waals surface area contributed by atoms with Crippen molar-refractivity contribution >= 4 is 40.0 Å². The number of nitrogens with zero attached hydrogens (tertiary/aromatic N) is 4. The number of alkyl halides is 1. The smallest absolute Gasteiger partial charge is 0.270 e. The van der Waals surface area contributed by atoms with E-state index in [1.807, 2.05) is 51.6 Å². The van der Waals surface area contributed by atoms with Crippen molar-refractivity contribution in [3.63, 3.8) is 0 Å². The van der Waals surface area contributed by atoms with E-state index in [9.17, 15) is 9.59 Å². The third-order valence-electron chi connectivity index (χ3n) is 6.76. The fourth-order valence-corrected chi connectivity index (χ4v) is 4.99. The zero-order valence-corrected chi connectivity index (χ0v) is 20.6. The number of carbonyl (C=O) groups is 2. The van der Waals surface area contributed by atoms with Crippen LogP contribution in [0.3, 0.4) is 0 Å². The molecule has 1 N–H and O–H groups in total. The number of hydrogen-bond donors (Lipinski definition) is 1. The van der Waals surface area contributed by atoms with Gasteiger partial charge in [-0.2, -0.15) is 0 Å². The number of allylic oxidation sites excluding steroid dienone is 1. The maximum absolute atomic E-state index is 13.4. The summed E-state index contributed by atoms with van der Waals surface area (Å²) >= 11 is 5.59. The molecule has 0 aliphatic carbocycles. The van der Waals surface area contributed by atoms with E-state index in [0.717, 1.165) is 46.1 Å². The Bertz CT molecular complexity index is 1440. The molecule has 1 aliphatic heterocycles. The predicted octanol–water partition coefficient (Wildman–Crippen LogP) is 4.32. The monoisotopic (exact) mass is 489 g/mol. The first kappa shape index (κ1) is 23.2. The van der Waals surface area contributed by atoms with Crippen LogP contribution >= 0.6 is 11.6 Å². The summed E-state index contributed by atoms with van der Waals surface area (Å²) in [6.07, 6.45) is 8.30. The maximum Gasteiger partial charge on any atom is 0.270 e. The second kappa shape index (κ2) is 9.58. The third-order valence-corrected chi connectivity index (χ3v) is 6.94. The van der Waals surface area contributed by atoms with Crippen LogP contribution in [0, 0.1) is 6.92 Å². The second-order valence-electron chi connectivity index (χ2n) is 9.04. The number of hydrogen-bond acceptors (Lipinski definition) is 3. The van der Waals surface area contributed by atoms with E-state index in [4.69, 9.17) is 11.6 Å². The van der Waals surface area contributed by atoms with Crippen LogP contribution in [0.5, 0.6) is 0 Å². The minimum atomic E-state index is -0.139. The van der Waals surface area contributed by atoms with E-state index in [-0.39, 0.29) is 17.9 Å². The number of benzene rings is 1. The highest BCUT2D eigenvalue weighted by atomic mass is 35.5. The van der Waals surface area contributed by atoms with Gasteiger partial charge in [0.2, 0.25) is 5.91 Å². The molecule has 1 saturated heterocycles. The molecule has 0 saturated carbocycles. The number of aromatic nitrogens is 3. The van der Waals surface area contributed by atoms with Crippen molar-refractivity contribution in [2.45, 2.75) is 25.8 Å². The highest BCUT2D eigenvalue weighted by molar-refractivity contribution is 6.19. The van der Waals surface area contributed by atoms with E-state index >= 15 is 0 Å². The summed E-state index contributed by atoms with van der Waals surface area (Å²) < 4.78 is 4.00. The molecule has 1 aliphatic rings. The van der Waals surface area contributed by atoms with Crippen LogP contribution in [-0.2, 0) is 11.8 Å². The highest BCUT2D eigenvalue weighted by Gasteiger charge is 2.26. The fourth-order valence-electron chi connectivity index (χ4n) is 4.90. The zero-order valence-electron chi connectivity index (χ0n) is 19.9. The van der Waals surface area contributed by atoms with Crippen molar-refractivity contribution in [2.75, 3.05) is 19.0 Å². The van der Waals surface area contributed by atoms with Crippen molar-refractivity contribution in [3.05, 3.63) is 72.3 Å². The van der Waals surface area contributed by atoms with Crippen LogP contribution in [0.15, 0.2) is 61.1 Å². The van der Waals surface area contributed by atoms with Crippen LogP contribution in [0.4, 0.5) is 0 Å². The van der Waals surface area contributed by atoms with Crippen molar-refractivity contribution in [1.29, 1.82) is 0 Å². The minimum absolute atomic E-state index is 0.00543. The Labute approximate surface area is 209 Å². The van der Waals surface area contributed by atoms with Gasteiger partial charge in [0.25, 0.3) is 5.91 Å². The largest absolute Gasteiger partial charge is 0.350 e. The summed E-state index contributed by atoms with van der Waals surface area (Å²) in [6.45, 7) is 3.31. The third kappa shape index (κ3) is 4.44. The molecule has 0 atom stereocenters. The summed E-state index contributed by atoms with van der Waals surface area (Å²) in [5, 5.41) is 2.99. The van der Waals surface area contributed by atoms with Gasteiger partial charge in [-0.3, -0.25) is 9.59 Å². The Kier molecular flexibility index (Phi) is 6.34. The first-order valence-electron chi connectivity index (χ1n) is 11.8. The molecule has 5 rings (SSSR count). The van der Waals surface area contributed by atoms with E-state index in [1.54, 1.807) is 6.08 Å². The van der Waals surface area contributed by atoms with Crippen LogP contribution in [0.1, 0.15) is 28.9 Å². The number of pyridine rings is 1. The van der Waals surface area contributed by atoms with E-state index in [2.05, 4.69) is 35.4 Å².